The fraction of sp³-hybridized carbons (Fsp3) is 0.111. The predicted molar refractivity (Wildman–Crippen MR) is 91.6 cm³/mol. The van der Waals surface area contributed by atoms with Crippen molar-refractivity contribution in [3.8, 4) is 22.4 Å². The molecule has 0 radical (unpaired) electrons. The minimum Gasteiger partial charge on any atom is -0.388 e. The molecule has 0 saturated carbocycles. The van der Waals surface area contributed by atoms with E-state index in [0.717, 1.165) is 22.5 Å². The molecule has 0 aliphatic rings. The summed E-state index contributed by atoms with van der Waals surface area (Å²) in [7, 11) is 1.92. The van der Waals surface area contributed by atoms with Gasteiger partial charge in [0.05, 0.1) is 5.69 Å². The van der Waals surface area contributed by atoms with Crippen molar-refractivity contribution < 1.29 is 0 Å². The van der Waals surface area contributed by atoms with Crippen LogP contribution < -0.4 is 11.1 Å². The first kappa shape index (κ1) is 14.1. The molecule has 3 rings (SSSR count). The maximum absolute atomic E-state index is 5.76. The molecule has 0 bridgehead atoms. The van der Waals surface area contributed by atoms with Crippen LogP contribution in [0.3, 0.4) is 0 Å². The lowest BCUT2D eigenvalue weighted by Crippen LogP contribution is -1.93. The van der Waals surface area contributed by atoms with Crippen LogP contribution in [0.4, 0.5) is 11.5 Å². The Morgan fingerprint density at radius 3 is 2.45 bits per heavy atom. The van der Waals surface area contributed by atoms with E-state index in [1.165, 1.54) is 11.1 Å². The van der Waals surface area contributed by atoms with Crippen LogP contribution in [0.1, 0.15) is 5.56 Å². The molecule has 22 heavy (non-hydrogen) atoms. The van der Waals surface area contributed by atoms with Crippen LogP contribution >= 0.6 is 0 Å². The summed E-state index contributed by atoms with van der Waals surface area (Å²) in [6, 6.07) is 14.2. The third-order valence-corrected chi connectivity index (χ3v) is 3.67. The number of nitrogens with one attached hydrogen (secondary N) is 1. The van der Waals surface area contributed by atoms with Crippen LogP contribution in [0.5, 0.6) is 0 Å². The van der Waals surface area contributed by atoms with Crippen LogP contribution in [0.2, 0.25) is 0 Å². The van der Waals surface area contributed by atoms with Gasteiger partial charge in [-0.2, -0.15) is 0 Å². The van der Waals surface area contributed by atoms with Gasteiger partial charge in [-0.05, 0) is 60.0 Å². The minimum absolute atomic E-state index is 0.498. The van der Waals surface area contributed by atoms with E-state index in [-0.39, 0.29) is 0 Å². The summed E-state index contributed by atoms with van der Waals surface area (Å²) < 4.78 is 0. The molecule has 0 spiro atoms. The number of hydrogen-bond acceptors (Lipinski definition) is 4. The van der Waals surface area contributed by atoms with E-state index in [4.69, 9.17) is 5.73 Å². The number of pyridine rings is 2. The number of nitrogens with zero attached hydrogens (tertiary/aromatic N) is 2. The van der Waals surface area contributed by atoms with Crippen molar-refractivity contribution in [3.05, 3.63) is 60.4 Å². The quantitative estimate of drug-likeness (QED) is 0.771. The van der Waals surface area contributed by atoms with Crippen LogP contribution in [-0.4, -0.2) is 17.0 Å². The SMILES string of the molecule is CNc1ccc(C)c(-c2ccnc(-c3ccnc(N)c3)c2)c1. The number of benzene rings is 1. The molecule has 4 nitrogen and oxygen atoms in total. The Morgan fingerprint density at radius 1 is 0.909 bits per heavy atom. The highest BCUT2D eigenvalue weighted by atomic mass is 14.8. The van der Waals surface area contributed by atoms with Crippen molar-refractivity contribution in [2.75, 3.05) is 18.1 Å². The molecule has 4 heteroatoms. The summed E-state index contributed by atoms with van der Waals surface area (Å²) in [6.07, 6.45) is 3.53. The van der Waals surface area contributed by atoms with Gasteiger partial charge in [-0.15, -0.1) is 0 Å². The molecule has 0 aliphatic carbocycles. The molecule has 0 atom stereocenters. The van der Waals surface area contributed by atoms with Crippen molar-refractivity contribution >= 4 is 11.5 Å². The Balaban J connectivity index is 2.08. The summed E-state index contributed by atoms with van der Waals surface area (Å²) in [5.41, 5.74) is 12.3. The average Bonchev–Trinajstić information content (AvgIpc) is 2.55. The number of nitrogens with two attached hydrogens (primary N) is 1. The van der Waals surface area contributed by atoms with Crippen molar-refractivity contribution in [1.82, 2.24) is 9.97 Å². The number of anilines is 2. The molecule has 0 fully saturated rings. The second-order valence-electron chi connectivity index (χ2n) is 5.18. The van der Waals surface area contributed by atoms with Gasteiger partial charge in [0.25, 0.3) is 0 Å². The van der Waals surface area contributed by atoms with Crippen molar-refractivity contribution in [1.29, 1.82) is 0 Å². The molecule has 3 N–H and O–H groups in total. The van der Waals surface area contributed by atoms with Crippen LogP contribution in [0, 0.1) is 6.92 Å². The molecule has 2 heterocycles. The van der Waals surface area contributed by atoms with Crippen molar-refractivity contribution in [3.63, 3.8) is 0 Å². The van der Waals surface area contributed by atoms with Gasteiger partial charge < -0.3 is 11.1 Å². The fourth-order valence-electron chi connectivity index (χ4n) is 2.45. The summed E-state index contributed by atoms with van der Waals surface area (Å²) in [5.74, 6) is 0.498. The van der Waals surface area contributed by atoms with Gasteiger partial charge >= 0.3 is 0 Å². The number of hydrogen-bond donors (Lipinski definition) is 2. The number of rotatable bonds is 3. The zero-order chi connectivity index (χ0) is 15.5. The Hall–Kier alpha value is -2.88. The Labute approximate surface area is 130 Å². The van der Waals surface area contributed by atoms with E-state index >= 15 is 0 Å². The first-order chi connectivity index (χ1) is 10.7. The van der Waals surface area contributed by atoms with E-state index in [1.54, 1.807) is 6.20 Å². The summed E-state index contributed by atoms with van der Waals surface area (Å²) in [6.45, 7) is 2.11. The number of aromatic nitrogens is 2. The van der Waals surface area contributed by atoms with Crippen LogP contribution in [-0.2, 0) is 0 Å². The third-order valence-electron chi connectivity index (χ3n) is 3.67. The maximum Gasteiger partial charge on any atom is 0.123 e. The molecule has 110 valence electrons. The summed E-state index contributed by atoms with van der Waals surface area (Å²) in [5, 5.41) is 3.18. The lowest BCUT2D eigenvalue weighted by Gasteiger charge is -2.10. The molecule has 2 aromatic heterocycles. The van der Waals surface area contributed by atoms with E-state index < -0.39 is 0 Å². The van der Waals surface area contributed by atoms with E-state index in [2.05, 4.69) is 46.5 Å². The lowest BCUT2D eigenvalue weighted by atomic mass is 9.99. The standard InChI is InChI=1S/C18H18N4/c1-12-3-4-15(20-2)11-16(12)13-5-7-21-17(9-13)14-6-8-22-18(19)10-14/h3-11,20H,1-2H3,(H2,19,22). The average molecular weight is 290 g/mol. The van der Waals surface area contributed by atoms with Gasteiger partial charge in [0, 0.05) is 30.7 Å². The largest absolute Gasteiger partial charge is 0.388 e. The van der Waals surface area contributed by atoms with E-state index in [1.807, 2.05) is 31.4 Å². The highest BCUT2D eigenvalue weighted by molar-refractivity contribution is 5.75. The van der Waals surface area contributed by atoms with Gasteiger partial charge in [-0.25, -0.2) is 4.98 Å². The molecule has 1 aromatic carbocycles. The first-order valence-electron chi connectivity index (χ1n) is 7.14. The molecule has 0 unspecified atom stereocenters. The molecule has 0 saturated heterocycles. The van der Waals surface area contributed by atoms with Crippen LogP contribution in [0.15, 0.2) is 54.9 Å². The van der Waals surface area contributed by atoms with Gasteiger partial charge in [0.2, 0.25) is 0 Å². The number of aryl methyl sites for hydroxylation is 1. The monoisotopic (exact) mass is 290 g/mol. The summed E-state index contributed by atoms with van der Waals surface area (Å²) in [4.78, 5) is 8.47. The van der Waals surface area contributed by atoms with Crippen molar-refractivity contribution in [2.45, 2.75) is 6.92 Å². The summed E-state index contributed by atoms with van der Waals surface area (Å²) >= 11 is 0. The van der Waals surface area contributed by atoms with E-state index in [9.17, 15) is 0 Å². The first-order valence-corrected chi connectivity index (χ1v) is 7.14. The minimum atomic E-state index is 0.498. The molecular formula is C18H18N4. The molecule has 0 aliphatic heterocycles. The lowest BCUT2D eigenvalue weighted by molar-refractivity contribution is 1.29. The van der Waals surface area contributed by atoms with Gasteiger partial charge in [-0.3, -0.25) is 4.98 Å². The zero-order valence-corrected chi connectivity index (χ0v) is 12.7. The number of nitrogen functional groups attached to an aromatic ring is 1. The second kappa shape index (κ2) is 5.85. The van der Waals surface area contributed by atoms with Gasteiger partial charge in [0.15, 0.2) is 0 Å². The Bertz CT molecular complexity index is 812. The second-order valence-corrected chi connectivity index (χ2v) is 5.18. The Morgan fingerprint density at radius 2 is 1.68 bits per heavy atom. The van der Waals surface area contributed by atoms with Gasteiger partial charge in [0.1, 0.15) is 5.82 Å². The molecule has 0 amide bonds. The smallest absolute Gasteiger partial charge is 0.123 e. The van der Waals surface area contributed by atoms with Crippen LogP contribution in [0.25, 0.3) is 22.4 Å². The highest BCUT2D eigenvalue weighted by Gasteiger charge is 2.06. The molecular weight excluding hydrogens is 272 g/mol. The topological polar surface area (TPSA) is 63.8 Å². The predicted octanol–water partition coefficient (Wildman–Crippen LogP) is 3.74. The van der Waals surface area contributed by atoms with Crippen molar-refractivity contribution in [2.24, 2.45) is 0 Å². The molecule has 3 aromatic rings. The van der Waals surface area contributed by atoms with E-state index in [0.29, 0.717) is 5.82 Å². The van der Waals surface area contributed by atoms with Gasteiger partial charge in [-0.1, -0.05) is 6.07 Å². The normalized spacial score (nSPS) is 10.5. The maximum atomic E-state index is 5.76. The third kappa shape index (κ3) is 2.76. The zero-order valence-electron chi connectivity index (χ0n) is 12.7. The Kier molecular flexibility index (Phi) is 3.74. The highest BCUT2D eigenvalue weighted by Crippen LogP contribution is 2.29. The fourth-order valence-corrected chi connectivity index (χ4v) is 2.45.